The molecule has 1 atom stereocenters. The van der Waals surface area contributed by atoms with E-state index in [1.807, 2.05) is 25.1 Å². The van der Waals surface area contributed by atoms with Gasteiger partial charge in [0, 0.05) is 6.54 Å². The lowest BCUT2D eigenvalue weighted by atomic mass is 10.1. The van der Waals surface area contributed by atoms with Crippen LogP contribution in [0.15, 0.2) is 48.5 Å². The molecule has 0 aliphatic carbocycles. The van der Waals surface area contributed by atoms with E-state index in [0.29, 0.717) is 5.75 Å². The first-order valence-electron chi connectivity index (χ1n) is 8.42. The fourth-order valence-electron chi connectivity index (χ4n) is 2.29. The van der Waals surface area contributed by atoms with Crippen LogP contribution in [0, 0.1) is 5.82 Å². The molecular weight excluding hydrogens is 337 g/mol. The first-order valence-corrected chi connectivity index (χ1v) is 8.42. The second-order valence-electron chi connectivity index (χ2n) is 5.73. The van der Waals surface area contributed by atoms with Crippen molar-refractivity contribution in [3.8, 4) is 5.75 Å². The molecule has 0 bridgehead atoms. The SMILES string of the molecule is CCc1ccccc1OCC(=O)OC(C)C(=O)NCc1ccc(F)cc1. The summed E-state index contributed by atoms with van der Waals surface area (Å²) in [6.45, 7) is 3.43. The van der Waals surface area contributed by atoms with E-state index in [1.54, 1.807) is 18.2 Å². The molecule has 0 spiro atoms. The Kier molecular flexibility index (Phi) is 7.14. The van der Waals surface area contributed by atoms with Gasteiger partial charge in [-0.25, -0.2) is 9.18 Å². The van der Waals surface area contributed by atoms with Crippen molar-refractivity contribution in [2.24, 2.45) is 0 Å². The predicted molar refractivity (Wildman–Crippen MR) is 95.1 cm³/mol. The van der Waals surface area contributed by atoms with Crippen molar-refractivity contribution in [2.75, 3.05) is 6.61 Å². The average Bonchev–Trinajstić information content (AvgIpc) is 2.65. The maximum atomic E-state index is 12.8. The summed E-state index contributed by atoms with van der Waals surface area (Å²) in [5.74, 6) is -0.774. The molecule has 0 radical (unpaired) electrons. The minimum absolute atomic E-state index is 0.224. The highest BCUT2D eigenvalue weighted by atomic mass is 19.1. The van der Waals surface area contributed by atoms with Gasteiger partial charge in [-0.15, -0.1) is 0 Å². The van der Waals surface area contributed by atoms with Crippen molar-refractivity contribution in [1.82, 2.24) is 5.32 Å². The molecule has 2 aromatic rings. The molecule has 26 heavy (non-hydrogen) atoms. The second-order valence-corrected chi connectivity index (χ2v) is 5.73. The molecule has 2 rings (SSSR count). The summed E-state index contributed by atoms with van der Waals surface area (Å²) < 4.78 is 23.4. The lowest BCUT2D eigenvalue weighted by Gasteiger charge is -2.14. The molecule has 1 N–H and O–H groups in total. The quantitative estimate of drug-likeness (QED) is 0.736. The maximum Gasteiger partial charge on any atom is 0.344 e. The number of esters is 1. The van der Waals surface area contributed by atoms with Crippen molar-refractivity contribution in [3.05, 3.63) is 65.5 Å². The Hall–Kier alpha value is -2.89. The molecule has 0 aliphatic heterocycles. The smallest absolute Gasteiger partial charge is 0.344 e. The van der Waals surface area contributed by atoms with Gasteiger partial charge in [0.25, 0.3) is 5.91 Å². The minimum Gasteiger partial charge on any atom is -0.482 e. The highest BCUT2D eigenvalue weighted by Crippen LogP contribution is 2.18. The van der Waals surface area contributed by atoms with Gasteiger partial charge < -0.3 is 14.8 Å². The Bertz CT molecular complexity index is 746. The number of aryl methyl sites for hydroxylation is 1. The lowest BCUT2D eigenvalue weighted by Crippen LogP contribution is -2.36. The van der Waals surface area contributed by atoms with Crippen molar-refractivity contribution in [3.63, 3.8) is 0 Å². The third kappa shape index (κ3) is 5.88. The van der Waals surface area contributed by atoms with Crippen LogP contribution in [0.1, 0.15) is 25.0 Å². The Morgan fingerprint density at radius 2 is 1.81 bits per heavy atom. The number of hydrogen-bond acceptors (Lipinski definition) is 4. The van der Waals surface area contributed by atoms with Crippen LogP contribution in [0.3, 0.4) is 0 Å². The van der Waals surface area contributed by atoms with Gasteiger partial charge in [-0.3, -0.25) is 4.79 Å². The first-order chi connectivity index (χ1) is 12.5. The molecule has 5 nitrogen and oxygen atoms in total. The molecule has 138 valence electrons. The van der Waals surface area contributed by atoms with Gasteiger partial charge in [0.2, 0.25) is 0 Å². The van der Waals surface area contributed by atoms with E-state index >= 15 is 0 Å². The molecule has 6 heteroatoms. The first kappa shape index (κ1) is 19.4. The number of para-hydroxylation sites is 1. The zero-order valence-electron chi connectivity index (χ0n) is 14.8. The number of hydrogen-bond donors (Lipinski definition) is 1. The van der Waals surface area contributed by atoms with Crippen LogP contribution in [0.2, 0.25) is 0 Å². The minimum atomic E-state index is -0.951. The van der Waals surface area contributed by atoms with E-state index in [-0.39, 0.29) is 19.0 Å². The topological polar surface area (TPSA) is 64.6 Å². The summed E-state index contributed by atoms with van der Waals surface area (Å²) in [5.41, 5.74) is 1.74. The van der Waals surface area contributed by atoms with Gasteiger partial charge in [-0.1, -0.05) is 37.3 Å². The molecule has 0 aliphatic rings. The van der Waals surface area contributed by atoms with Gasteiger partial charge in [0.1, 0.15) is 11.6 Å². The van der Waals surface area contributed by atoms with Gasteiger partial charge in [-0.2, -0.15) is 0 Å². The largest absolute Gasteiger partial charge is 0.482 e. The molecule has 2 aromatic carbocycles. The standard InChI is InChI=1S/C20H22FNO4/c1-3-16-6-4-5-7-18(16)25-13-19(23)26-14(2)20(24)22-12-15-8-10-17(21)11-9-15/h4-11,14H,3,12-13H2,1-2H3,(H,22,24). The molecule has 0 heterocycles. The molecule has 0 aromatic heterocycles. The highest BCUT2D eigenvalue weighted by molar-refractivity contribution is 5.83. The van der Waals surface area contributed by atoms with E-state index in [1.165, 1.54) is 19.1 Å². The predicted octanol–water partition coefficient (Wildman–Crippen LogP) is 3.02. The third-order valence-corrected chi connectivity index (χ3v) is 3.76. The van der Waals surface area contributed by atoms with Crippen molar-refractivity contribution in [2.45, 2.75) is 32.9 Å². The third-order valence-electron chi connectivity index (χ3n) is 3.76. The van der Waals surface area contributed by atoms with Crippen LogP contribution in [-0.2, 0) is 27.3 Å². The second kappa shape index (κ2) is 9.56. The zero-order chi connectivity index (χ0) is 18.9. The summed E-state index contributed by atoms with van der Waals surface area (Å²) >= 11 is 0. The van der Waals surface area contributed by atoms with E-state index in [4.69, 9.17) is 9.47 Å². The number of amides is 1. The Labute approximate surface area is 152 Å². The normalized spacial score (nSPS) is 11.5. The summed E-state index contributed by atoms with van der Waals surface area (Å²) in [6, 6.07) is 13.2. The fourth-order valence-corrected chi connectivity index (χ4v) is 2.29. The molecule has 0 saturated heterocycles. The Morgan fingerprint density at radius 1 is 1.12 bits per heavy atom. The number of rotatable bonds is 8. The maximum absolute atomic E-state index is 12.8. The lowest BCUT2D eigenvalue weighted by molar-refractivity contribution is -0.156. The van der Waals surface area contributed by atoms with Crippen molar-refractivity contribution in [1.29, 1.82) is 0 Å². The van der Waals surface area contributed by atoms with Gasteiger partial charge in [0.05, 0.1) is 0 Å². The molecule has 0 fully saturated rings. The number of halogens is 1. The fraction of sp³-hybridized carbons (Fsp3) is 0.300. The van der Waals surface area contributed by atoms with E-state index < -0.39 is 18.0 Å². The van der Waals surface area contributed by atoms with E-state index in [0.717, 1.165) is 17.5 Å². The van der Waals surface area contributed by atoms with Gasteiger partial charge in [0.15, 0.2) is 12.7 Å². The van der Waals surface area contributed by atoms with Crippen LogP contribution >= 0.6 is 0 Å². The summed E-state index contributed by atoms with van der Waals surface area (Å²) in [4.78, 5) is 23.9. The van der Waals surface area contributed by atoms with Crippen LogP contribution in [0.25, 0.3) is 0 Å². The number of carbonyl (C=O) groups excluding carboxylic acids is 2. The Morgan fingerprint density at radius 3 is 2.50 bits per heavy atom. The molecule has 0 saturated carbocycles. The summed E-state index contributed by atoms with van der Waals surface area (Å²) in [6.07, 6.45) is -0.166. The number of benzene rings is 2. The van der Waals surface area contributed by atoms with Crippen molar-refractivity contribution < 1.29 is 23.5 Å². The van der Waals surface area contributed by atoms with Gasteiger partial charge >= 0.3 is 5.97 Å². The molecular formula is C20H22FNO4. The number of nitrogens with one attached hydrogen (secondary N) is 1. The monoisotopic (exact) mass is 359 g/mol. The summed E-state index contributed by atoms with van der Waals surface area (Å²) in [7, 11) is 0. The van der Waals surface area contributed by atoms with Crippen LogP contribution in [-0.4, -0.2) is 24.6 Å². The summed E-state index contributed by atoms with van der Waals surface area (Å²) in [5, 5.41) is 2.64. The van der Waals surface area contributed by atoms with Crippen LogP contribution in [0.4, 0.5) is 4.39 Å². The van der Waals surface area contributed by atoms with Gasteiger partial charge in [-0.05, 0) is 42.7 Å². The molecule has 1 amide bonds. The average molecular weight is 359 g/mol. The van der Waals surface area contributed by atoms with E-state index in [2.05, 4.69) is 5.32 Å². The van der Waals surface area contributed by atoms with E-state index in [9.17, 15) is 14.0 Å². The van der Waals surface area contributed by atoms with Crippen LogP contribution < -0.4 is 10.1 Å². The number of carbonyl (C=O) groups is 2. The molecule has 1 unspecified atom stereocenters. The Balaban J connectivity index is 1.76. The van der Waals surface area contributed by atoms with Crippen molar-refractivity contribution >= 4 is 11.9 Å². The highest BCUT2D eigenvalue weighted by Gasteiger charge is 2.18. The number of ether oxygens (including phenoxy) is 2. The van der Waals surface area contributed by atoms with Crippen LogP contribution in [0.5, 0.6) is 5.75 Å². The zero-order valence-corrected chi connectivity index (χ0v) is 14.8.